The van der Waals surface area contributed by atoms with Gasteiger partial charge >= 0.3 is 0 Å². The van der Waals surface area contributed by atoms with Gasteiger partial charge in [0.25, 0.3) is 0 Å². The summed E-state index contributed by atoms with van der Waals surface area (Å²) in [5, 5.41) is 4.26. The predicted molar refractivity (Wildman–Crippen MR) is 76.4 cm³/mol. The molecule has 102 valence electrons. The van der Waals surface area contributed by atoms with Crippen LogP contribution in [0.1, 0.15) is 18.2 Å². The zero-order valence-corrected chi connectivity index (χ0v) is 12.9. The molecule has 2 rings (SSSR count). The van der Waals surface area contributed by atoms with Crippen LogP contribution in [0.4, 0.5) is 0 Å². The Balaban J connectivity index is 2.23. The minimum Gasteiger partial charge on any atom is -0.321 e. The van der Waals surface area contributed by atoms with Crippen LogP contribution in [0.25, 0.3) is 0 Å². The fourth-order valence-electron chi connectivity index (χ4n) is 2.67. The van der Waals surface area contributed by atoms with E-state index in [1.807, 2.05) is 17.9 Å². The minimum absolute atomic E-state index is 0.0302. The molecule has 1 aliphatic rings. The number of likely N-dealkylation sites (N-methyl/N-ethyl adjacent to an activating group) is 2. The third-order valence-electron chi connectivity index (χ3n) is 3.78. The van der Waals surface area contributed by atoms with E-state index in [0.717, 1.165) is 29.8 Å². The Morgan fingerprint density at radius 2 is 2.11 bits per heavy atom. The van der Waals surface area contributed by atoms with E-state index in [0.29, 0.717) is 6.04 Å². The summed E-state index contributed by atoms with van der Waals surface area (Å²) in [4.78, 5) is 4.73. The molecule has 1 fully saturated rings. The lowest BCUT2D eigenvalue weighted by Crippen LogP contribution is -2.45. The van der Waals surface area contributed by atoms with Crippen molar-refractivity contribution >= 4 is 15.9 Å². The van der Waals surface area contributed by atoms with Gasteiger partial charge in [-0.3, -0.25) is 4.68 Å². The molecule has 6 heteroatoms. The Kier molecular flexibility index (Phi) is 4.42. The first-order valence-corrected chi connectivity index (χ1v) is 7.11. The van der Waals surface area contributed by atoms with E-state index in [1.165, 1.54) is 6.42 Å². The van der Waals surface area contributed by atoms with Crippen molar-refractivity contribution in [2.24, 2.45) is 12.8 Å². The van der Waals surface area contributed by atoms with Gasteiger partial charge in [-0.2, -0.15) is 5.10 Å². The predicted octanol–water partition coefficient (Wildman–Crippen LogP) is 0.818. The van der Waals surface area contributed by atoms with E-state index in [4.69, 9.17) is 5.73 Å². The van der Waals surface area contributed by atoms with Crippen LogP contribution in [0.2, 0.25) is 0 Å². The number of nitrogens with two attached hydrogens (primary N) is 1. The zero-order chi connectivity index (χ0) is 13.3. The number of rotatable bonds is 2. The highest BCUT2D eigenvalue weighted by Gasteiger charge is 2.30. The Morgan fingerprint density at radius 3 is 2.72 bits per heavy atom. The summed E-state index contributed by atoms with van der Waals surface area (Å²) in [5.74, 6) is 0. The van der Waals surface area contributed by atoms with Crippen LogP contribution in [-0.4, -0.2) is 59.4 Å². The maximum absolute atomic E-state index is 6.48. The lowest BCUT2D eigenvalue weighted by atomic mass is 10.0. The van der Waals surface area contributed by atoms with Gasteiger partial charge in [0.1, 0.15) is 0 Å². The molecule has 0 aromatic carbocycles. The first kappa shape index (κ1) is 14.0. The Morgan fingerprint density at radius 1 is 1.39 bits per heavy atom. The average Bonchev–Trinajstić information content (AvgIpc) is 2.54. The van der Waals surface area contributed by atoms with Gasteiger partial charge in [0.2, 0.25) is 0 Å². The van der Waals surface area contributed by atoms with Crippen molar-refractivity contribution in [3.8, 4) is 0 Å². The van der Waals surface area contributed by atoms with Gasteiger partial charge in [-0.25, -0.2) is 0 Å². The van der Waals surface area contributed by atoms with Crippen LogP contribution < -0.4 is 5.73 Å². The normalized spacial score (nSPS) is 25.1. The van der Waals surface area contributed by atoms with Gasteiger partial charge in [0, 0.05) is 19.6 Å². The van der Waals surface area contributed by atoms with Gasteiger partial charge in [0.15, 0.2) is 0 Å². The molecule has 2 atom stereocenters. The fourth-order valence-corrected chi connectivity index (χ4v) is 3.28. The highest BCUT2D eigenvalue weighted by atomic mass is 79.9. The second-order valence-electron chi connectivity index (χ2n) is 5.19. The van der Waals surface area contributed by atoms with Gasteiger partial charge in [-0.1, -0.05) is 0 Å². The van der Waals surface area contributed by atoms with Crippen molar-refractivity contribution < 1.29 is 0 Å². The molecule has 1 aromatic heterocycles. The largest absolute Gasteiger partial charge is 0.321 e. The number of aromatic nitrogens is 2. The summed E-state index contributed by atoms with van der Waals surface area (Å²) in [6.07, 6.45) is 3.01. The molecule has 1 saturated heterocycles. The van der Waals surface area contributed by atoms with Crippen molar-refractivity contribution in [3.63, 3.8) is 0 Å². The fraction of sp³-hybridized carbons (Fsp3) is 0.750. The second-order valence-corrected chi connectivity index (χ2v) is 6.05. The molecular weight excluding hydrogens is 294 g/mol. The molecule has 5 nitrogen and oxygen atoms in total. The molecule has 0 radical (unpaired) electrons. The van der Waals surface area contributed by atoms with Crippen LogP contribution in [0.3, 0.4) is 0 Å². The molecule has 2 unspecified atom stereocenters. The van der Waals surface area contributed by atoms with Crippen molar-refractivity contribution in [3.05, 3.63) is 16.4 Å². The number of nitrogens with zero attached hydrogens (tertiary/aromatic N) is 4. The van der Waals surface area contributed by atoms with E-state index in [1.54, 1.807) is 0 Å². The van der Waals surface area contributed by atoms with E-state index in [9.17, 15) is 0 Å². The molecular formula is C12H22BrN5. The number of hydrogen-bond acceptors (Lipinski definition) is 4. The molecule has 0 aliphatic carbocycles. The summed E-state index contributed by atoms with van der Waals surface area (Å²) in [5.41, 5.74) is 7.55. The molecule has 0 spiro atoms. The van der Waals surface area contributed by atoms with Crippen molar-refractivity contribution in [1.82, 2.24) is 19.6 Å². The van der Waals surface area contributed by atoms with Gasteiger partial charge in [-0.15, -0.1) is 0 Å². The molecule has 1 aliphatic heterocycles. The Labute approximate surface area is 117 Å². The van der Waals surface area contributed by atoms with Crippen LogP contribution in [0, 0.1) is 0 Å². The minimum atomic E-state index is -0.0302. The Hall–Kier alpha value is -0.430. The second kappa shape index (κ2) is 5.69. The third kappa shape index (κ3) is 2.77. The van der Waals surface area contributed by atoms with E-state index >= 15 is 0 Å². The van der Waals surface area contributed by atoms with Crippen molar-refractivity contribution in [1.29, 1.82) is 0 Å². The van der Waals surface area contributed by atoms with Crippen LogP contribution in [0.5, 0.6) is 0 Å². The molecule has 0 bridgehead atoms. The lowest BCUT2D eigenvalue weighted by molar-refractivity contribution is 0.192. The van der Waals surface area contributed by atoms with Crippen LogP contribution >= 0.6 is 15.9 Å². The van der Waals surface area contributed by atoms with E-state index in [2.05, 4.69) is 44.9 Å². The van der Waals surface area contributed by atoms with E-state index < -0.39 is 0 Å². The number of aryl methyl sites for hydroxylation is 1. The highest BCUT2D eigenvalue weighted by molar-refractivity contribution is 9.10. The van der Waals surface area contributed by atoms with Crippen molar-refractivity contribution in [2.75, 3.05) is 33.7 Å². The molecule has 0 saturated carbocycles. The van der Waals surface area contributed by atoms with Gasteiger partial charge < -0.3 is 15.5 Å². The maximum atomic E-state index is 6.48. The number of hydrogen-bond donors (Lipinski definition) is 1. The smallest absolute Gasteiger partial charge is 0.0706 e. The zero-order valence-electron chi connectivity index (χ0n) is 11.3. The SMILES string of the molecule is CN1CCCN(C)C(C(N)c2c(Br)cnn2C)C1. The lowest BCUT2D eigenvalue weighted by Gasteiger charge is -2.32. The topological polar surface area (TPSA) is 50.3 Å². The summed E-state index contributed by atoms with van der Waals surface area (Å²) in [6, 6.07) is 0.293. The van der Waals surface area contributed by atoms with E-state index in [-0.39, 0.29) is 6.04 Å². The highest BCUT2D eigenvalue weighted by Crippen LogP contribution is 2.26. The van der Waals surface area contributed by atoms with Crippen LogP contribution in [0.15, 0.2) is 10.7 Å². The Bertz CT molecular complexity index is 386. The standard InChI is InChI=1S/C12H22BrN5/c1-16-5-4-6-17(2)10(8-16)11(14)12-9(13)7-15-18(12)3/h7,10-11H,4-6,8,14H2,1-3H3. The molecule has 0 amide bonds. The molecule has 2 N–H and O–H groups in total. The molecule has 18 heavy (non-hydrogen) atoms. The van der Waals surface area contributed by atoms with Gasteiger partial charge in [-0.05, 0) is 49.5 Å². The summed E-state index contributed by atoms with van der Waals surface area (Å²) < 4.78 is 2.87. The first-order chi connectivity index (χ1) is 8.50. The number of halogens is 1. The average molecular weight is 316 g/mol. The van der Waals surface area contributed by atoms with Crippen LogP contribution in [-0.2, 0) is 7.05 Å². The third-order valence-corrected chi connectivity index (χ3v) is 4.39. The molecule has 1 aromatic rings. The molecule has 2 heterocycles. The monoisotopic (exact) mass is 315 g/mol. The quantitative estimate of drug-likeness (QED) is 0.878. The van der Waals surface area contributed by atoms with Crippen molar-refractivity contribution in [2.45, 2.75) is 18.5 Å². The summed E-state index contributed by atoms with van der Waals surface area (Å²) in [6.45, 7) is 3.23. The summed E-state index contributed by atoms with van der Waals surface area (Å²) >= 11 is 3.54. The summed E-state index contributed by atoms with van der Waals surface area (Å²) in [7, 11) is 6.27. The first-order valence-electron chi connectivity index (χ1n) is 6.32. The maximum Gasteiger partial charge on any atom is 0.0706 e. The van der Waals surface area contributed by atoms with Gasteiger partial charge in [0.05, 0.1) is 22.4 Å².